The van der Waals surface area contributed by atoms with Crippen LogP contribution in [-0.4, -0.2) is 36.6 Å². The molecule has 6 nitrogen and oxygen atoms in total. The number of likely N-dealkylation sites (N-methyl/N-ethyl adjacent to an activating group) is 1. The molecule has 24 heavy (non-hydrogen) atoms. The predicted octanol–water partition coefficient (Wildman–Crippen LogP) is 2.43. The molecular formula is C17H22FN3O3. The minimum Gasteiger partial charge on any atom is -0.453 e. The van der Waals surface area contributed by atoms with E-state index in [1.807, 2.05) is 6.07 Å². The topological polar surface area (TPSA) is 82.4 Å². The van der Waals surface area contributed by atoms with Gasteiger partial charge in [-0.1, -0.05) is 19.9 Å². The summed E-state index contributed by atoms with van der Waals surface area (Å²) in [4.78, 5) is 25.6. The minimum absolute atomic E-state index is 0.0545. The summed E-state index contributed by atoms with van der Waals surface area (Å²) < 4.78 is 18.6. The first-order valence-corrected chi connectivity index (χ1v) is 7.65. The zero-order chi connectivity index (χ0) is 18.3. The SMILES string of the molecule is CCN(Cc1ccc(C#N)cc1F)C(=O)[C@H](NC(=O)OC)C(C)C. The van der Waals surface area contributed by atoms with Crippen molar-refractivity contribution in [3.63, 3.8) is 0 Å². The number of amides is 2. The van der Waals surface area contributed by atoms with Gasteiger partial charge in [0.1, 0.15) is 11.9 Å². The van der Waals surface area contributed by atoms with Crippen molar-refractivity contribution in [2.24, 2.45) is 5.92 Å². The average molecular weight is 335 g/mol. The number of benzene rings is 1. The molecule has 0 radical (unpaired) electrons. The molecule has 0 aliphatic heterocycles. The van der Waals surface area contributed by atoms with Gasteiger partial charge in [0, 0.05) is 18.7 Å². The fraction of sp³-hybridized carbons (Fsp3) is 0.471. The van der Waals surface area contributed by atoms with Crippen molar-refractivity contribution >= 4 is 12.0 Å². The molecule has 1 atom stereocenters. The van der Waals surface area contributed by atoms with Gasteiger partial charge in [-0.3, -0.25) is 4.79 Å². The third kappa shape index (κ3) is 4.95. The van der Waals surface area contributed by atoms with Crippen LogP contribution in [0.3, 0.4) is 0 Å². The zero-order valence-corrected chi connectivity index (χ0v) is 14.3. The summed E-state index contributed by atoms with van der Waals surface area (Å²) in [6.07, 6.45) is -0.692. The van der Waals surface area contributed by atoms with Gasteiger partial charge < -0.3 is 15.0 Å². The van der Waals surface area contributed by atoms with Gasteiger partial charge in [-0.05, 0) is 25.0 Å². The van der Waals surface area contributed by atoms with Crippen LogP contribution in [0.2, 0.25) is 0 Å². The number of nitrogens with zero attached hydrogens (tertiary/aromatic N) is 2. The van der Waals surface area contributed by atoms with Crippen molar-refractivity contribution in [1.82, 2.24) is 10.2 Å². The number of carbonyl (C=O) groups is 2. The molecule has 0 aromatic heterocycles. The van der Waals surface area contributed by atoms with E-state index in [0.717, 1.165) is 6.07 Å². The Morgan fingerprint density at radius 2 is 2.08 bits per heavy atom. The van der Waals surface area contributed by atoms with Gasteiger partial charge in [0.05, 0.1) is 18.7 Å². The second-order valence-electron chi connectivity index (χ2n) is 5.63. The Labute approximate surface area is 141 Å². The molecule has 0 aliphatic rings. The maximum absolute atomic E-state index is 14.0. The number of hydrogen-bond acceptors (Lipinski definition) is 4. The van der Waals surface area contributed by atoms with Gasteiger partial charge in [-0.2, -0.15) is 5.26 Å². The molecule has 1 N–H and O–H groups in total. The third-order valence-electron chi connectivity index (χ3n) is 3.63. The highest BCUT2D eigenvalue weighted by Crippen LogP contribution is 2.15. The van der Waals surface area contributed by atoms with E-state index in [0.29, 0.717) is 12.1 Å². The van der Waals surface area contributed by atoms with Crippen molar-refractivity contribution in [3.8, 4) is 6.07 Å². The molecule has 0 unspecified atom stereocenters. The van der Waals surface area contributed by atoms with Crippen molar-refractivity contribution < 1.29 is 18.7 Å². The Morgan fingerprint density at radius 1 is 1.42 bits per heavy atom. The molecule has 0 aliphatic carbocycles. The van der Waals surface area contributed by atoms with Gasteiger partial charge in [0.2, 0.25) is 5.91 Å². The Morgan fingerprint density at radius 3 is 2.54 bits per heavy atom. The highest BCUT2D eigenvalue weighted by molar-refractivity contribution is 5.85. The smallest absolute Gasteiger partial charge is 0.407 e. The fourth-order valence-corrected chi connectivity index (χ4v) is 2.19. The largest absolute Gasteiger partial charge is 0.453 e. The first-order valence-electron chi connectivity index (χ1n) is 7.65. The second kappa shape index (κ2) is 8.87. The predicted molar refractivity (Wildman–Crippen MR) is 86.4 cm³/mol. The molecule has 0 spiro atoms. The summed E-state index contributed by atoms with van der Waals surface area (Å²) in [5.41, 5.74) is 0.530. The molecule has 1 rings (SSSR count). The van der Waals surface area contributed by atoms with E-state index in [2.05, 4.69) is 10.1 Å². The summed E-state index contributed by atoms with van der Waals surface area (Å²) in [6, 6.07) is 5.23. The molecule has 1 aromatic carbocycles. The monoisotopic (exact) mass is 335 g/mol. The van der Waals surface area contributed by atoms with Crippen LogP contribution in [0, 0.1) is 23.1 Å². The molecule has 0 saturated carbocycles. The van der Waals surface area contributed by atoms with Crippen molar-refractivity contribution in [2.75, 3.05) is 13.7 Å². The van der Waals surface area contributed by atoms with Crippen LogP contribution in [-0.2, 0) is 16.1 Å². The molecule has 0 bridgehead atoms. The lowest BCUT2D eigenvalue weighted by Gasteiger charge is -2.28. The Kier molecular flexibility index (Phi) is 7.18. The number of ether oxygens (including phenoxy) is 1. The Bertz CT molecular complexity index is 640. The van der Waals surface area contributed by atoms with Crippen LogP contribution < -0.4 is 5.32 Å². The molecule has 0 heterocycles. The quantitative estimate of drug-likeness (QED) is 0.865. The Balaban J connectivity index is 2.96. The standard InChI is InChI=1S/C17H22FN3O3/c1-5-21(10-13-7-6-12(9-19)8-14(13)18)16(22)15(11(2)3)20-17(23)24-4/h6-8,11,15H,5,10H2,1-4H3,(H,20,23)/t15-/m1/s1. The van der Waals surface area contributed by atoms with E-state index in [9.17, 15) is 14.0 Å². The van der Waals surface area contributed by atoms with Crippen molar-refractivity contribution in [2.45, 2.75) is 33.4 Å². The Hall–Kier alpha value is -2.62. The number of alkyl carbamates (subject to hydrolysis) is 1. The normalized spacial score (nSPS) is 11.5. The molecule has 0 fully saturated rings. The number of carbonyl (C=O) groups excluding carboxylic acids is 2. The highest BCUT2D eigenvalue weighted by atomic mass is 19.1. The summed E-state index contributed by atoms with van der Waals surface area (Å²) in [7, 11) is 1.22. The minimum atomic E-state index is -0.765. The summed E-state index contributed by atoms with van der Waals surface area (Å²) in [5, 5.41) is 11.3. The second-order valence-corrected chi connectivity index (χ2v) is 5.63. The lowest BCUT2D eigenvalue weighted by molar-refractivity contribution is -0.134. The third-order valence-corrected chi connectivity index (χ3v) is 3.63. The number of methoxy groups -OCH3 is 1. The number of rotatable bonds is 6. The molecule has 2 amide bonds. The van der Waals surface area contributed by atoms with Gasteiger partial charge in [-0.25, -0.2) is 9.18 Å². The number of hydrogen-bond donors (Lipinski definition) is 1. The van der Waals surface area contributed by atoms with Crippen LogP contribution in [0.1, 0.15) is 31.9 Å². The fourth-order valence-electron chi connectivity index (χ4n) is 2.19. The van der Waals surface area contributed by atoms with Gasteiger partial charge in [-0.15, -0.1) is 0 Å². The summed E-state index contributed by atoms with van der Waals surface area (Å²) >= 11 is 0. The summed E-state index contributed by atoms with van der Waals surface area (Å²) in [5.74, 6) is -1.01. The van der Waals surface area contributed by atoms with E-state index >= 15 is 0 Å². The van der Waals surface area contributed by atoms with Gasteiger partial charge >= 0.3 is 6.09 Å². The maximum atomic E-state index is 14.0. The van der Waals surface area contributed by atoms with Crippen LogP contribution in [0.15, 0.2) is 18.2 Å². The van der Waals surface area contributed by atoms with E-state index in [4.69, 9.17) is 5.26 Å². The van der Waals surface area contributed by atoms with Crippen molar-refractivity contribution in [1.29, 1.82) is 5.26 Å². The number of nitrogens with one attached hydrogen (secondary N) is 1. The first kappa shape index (κ1) is 19.4. The number of halogens is 1. The maximum Gasteiger partial charge on any atom is 0.407 e. The first-order chi connectivity index (χ1) is 11.3. The zero-order valence-electron chi connectivity index (χ0n) is 14.3. The lowest BCUT2D eigenvalue weighted by Crippen LogP contribution is -2.51. The summed E-state index contributed by atoms with van der Waals surface area (Å²) in [6.45, 7) is 5.78. The molecule has 1 aromatic rings. The van der Waals surface area contributed by atoms with E-state index < -0.39 is 18.0 Å². The average Bonchev–Trinajstić information content (AvgIpc) is 2.57. The molecule has 130 valence electrons. The van der Waals surface area contributed by atoms with Crippen LogP contribution in [0.4, 0.5) is 9.18 Å². The van der Waals surface area contributed by atoms with Crippen LogP contribution in [0.25, 0.3) is 0 Å². The molecule has 7 heteroatoms. The van der Waals surface area contributed by atoms with Crippen LogP contribution >= 0.6 is 0 Å². The highest BCUT2D eigenvalue weighted by Gasteiger charge is 2.28. The van der Waals surface area contributed by atoms with Crippen LogP contribution in [0.5, 0.6) is 0 Å². The van der Waals surface area contributed by atoms with Gasteiger partial charge in [0.15, 0.2) is 0 Å². The molecule has 0 saturated heterocycles. The molecular weight excluding hydrogens is 313 g/mol. The van der Waals surface area contributed by atoms with E-state index in [1.165, 1.54) is 24.1 Å². The lowest BCUT2D eigenvalue weighted by atomic mass is 10.0. The van der Waals surface area contributed by atoms with E-state index in [-0.39, 0.29) is 23.9 Å². The van der Waals surface area contributed by atoms with Gasteiger partial charge in [0.25, 0.3) is 0 Å². The van der Waals surface area contributed by atoms with Crippen molar-refractivity contribution in [3.05, 3.63) is 35.1 Å². The van der Waals surface area contributed by atoms with E-state index in [1.54, 1.807) is 20.8 Å². The number of nitriles is 1.